The molecule has 12 aliphatic rings. The number of rotatable bonds is 9. The van der Waals surface area contributed by atoms with E-state index in [9.17, 15) is 0 Å². The highest BCUT2D eigenvalue weighted by molar-refractivity contribution is 5.74. The highest BCUT2D eigenvalue weighted by Crippen LogP contribution is 2.73. The van der Waals surface area contributed by atoms with Crippen LogP contribution in [-0.2, 0) is 16.2 Å². The predicted octanol–water partition coefficient (Wildman–Crippen LogP) is 13.6. The summed E-state index contributed by atoms with van der Waals surface area (Å²) in [4.78, 5) is 0. The van der Waals surface area contributed by atoms with E-state index in [1.165, 1.54) is 99.7 Å². The minimum absolute atomic E-state index is 0.188. The lowest BCUT2D eigenvalue weighted by Crippen LogP contribution is -2.53. The largest absolute Gasteiger partial charge is 0.454 e. The summed E-state index contributed by atoms with van der Waals surface area (Å²) in [5.41, 5.74) is 23.7. The lowest BCUT2D eigenvalue weighted by molar-refractivity contribution is -0.0205. The van der Waals surface area contributed by atoms with Gasteiger partial charge in [0.1, 0.15) is 23.2 Å². The molecule has 4 aromatic rings. The van der Waals surface area contributed by atoms with E-state index < -0.39 is 22.9 Å². The SMILES string of the molecule is Nc1ccc(F)cc1Oc1c(Oc2cc(F)ccc2N)c(C23CC4CC(CC(C4)C2)C3)c(C23CC4CC(CC(C4)C2)C3)c(Oc2cc(F)ccc2N)c1C12CC3CC(CC(C3)C1)C2. The molecule has 12 fully saturated rings. The standard InChI is InChI=1S/C54H60F3N3O3/c55-37-1-4-40(58)43(16-37)61-49-46(52-19-28-7-29(20-52)9-30(8-28)21-52)47(53-22-31-10-32(23-53)12-33(11-31)24-53)50(62-44-17-38(56)2-5-41(44)59)51(63-45-18-39(57)3-6-42(45)60)48(49)54-25-34-13-35(26-54)15-36(14-34)27-54/h1-6,16-18,28-36H,7-15,19-27,58-60H2. The number of nitrogen functional groups attached to an aromatic ring is 3. The van der Waals surface area contributed by atoms with Crippen LogP contribution >= 0.6 is 0 Å². The fourth-order valence-corrected chi connectivity index (χ4v) is 17.8. The van der Waals surface area contributed by atoms with Gasteiger partial charge in [0.05, 0.1) is 17.1 Å². The Hall–Kier alpha value is -4.53. The molecule has 330 valence electrons. The molecule has 0 aliphatic heterocycles. The van der Waals surface area contributed by atoms with Crippen LogP contribution in [0.1, 0.15) is 132 Å². The van der Waals surface area contributed by atoms with Gasteiger partial charge in [-0.2, -0.15) is 0 Å². The average molecular weight is 856 g/mol. The normalized spacial score (nSPS) is 37.5. The molecule has 12 aliphatic carbocycles. The molecule has 0 atom stereocenters. The maximum Gasteiger partial charge on any atom is 0.177 e. The first kappa shape index (κ1) is 38.9. The van der Waals surface area contributed by atoms with E-state index in [-0.39, 0.29) is 22.3 Å². The van der Waals surface area contributed by atoms with E-state index in [4.69, 9.17) is 31.4 Å². The predicted molar refractivity (Wildman–Crippen MR) is 239 cm³/mol. The number of nitrogens with two attached hydrogens (primary N) is 3. The maximum atomic E-state index is 15.6. The van der Waals surface area contributed by atoms with Crippen LogP contribution in [-0.4, -0.2) is 0 Å². The third-order valence-corrected chi connectivity index (χ3v) is 18.6. The number of hydrogen-bond donors (Lipinski definition) is 3. The van der Waals surface area contributed by atoms with Gasteiger partial charge < -0.3 is 31.4 Å². The van der Waals surface area contributed by atoms with Gasteiger partial charge in [0.2, 0.25) is 0 Å². The number of benzene rings is 4. The fraction of sp³-hybridized carbons (Fsp3) is 0.556. The van der Waals surface area contributed by atoms with Gasteiger partial charge in [0, 0.05) is 51.1 Å². The van der Waals surface area contributed by atoms with E-state index in [0.717, 1.165) is 74.7 Å². The van der Waals surface area contributed by atoms with E-state index in [0.29, 0.717) is 87.6 Å². The van der Waals surface area contributed by atoms with E-state index in [2.05, 4.69) is 0 Å². The molecular formula is C54H60F3N3O3. The Morgan fingerprint density at radius 2 is 0.587 bits per heavy atom. The van der Waals surface area contributed by atoms with Crippen LogP contribution in [0.2, 0.25) is 0 Å². The van der Waals surface area contributed by atoms with Gasteiger partial charge in [0.15, 0.2) is 28.7 Å². The number of ether oxygens (including phenoxy) is 3. The summed E-state index contributed by atoms with van der Waals surface area (Å²) in [7, 11) is 0. The number of hydrogen-bond acceptors (Lipinski definition) is 6. The second-order valence-corrected chi connectivity index (χ2v) is 23.1. The first-order valence-electron chi connectivity index (χ1n) is 24.3. The van der Waals surface area contributed by atoms with Crippen molar-refractivity contribution in [2.45, 2.75) is 132 Å². The molecule has 0 radical (unpaired) electrons. The summed E-state index contributed by atoms with van der Waals surface area (Å²) in [6, 6.07) is 13.0. The Kier molecular flexibility index (Phi) is 8.48. The first-order chi connectivity index (χ1) is 30.4. The summed E-state index contributed by atoms with van der Waals surface area (Å²) >= 11 is 0. The van der Waals surface area contributed by atoms with Gasteiger partial charge in [0.25, 0.3) is 0 Å². The summed E-state index contributed by atoms with van der Waals surface area (Å²) in [6.45, 7) is 0. The van der Waals surface area contributed by atoms with Crippen molar-refractivity contribution in [3.05, 3.63) is 88.7 Å². The Balaban J connectivity index is 1.20. The minimum atomic E-state index is -0.470. The van der Waals surface area contributed by atoms with Crippen molar-refractivity contribution < 1.29 is 27.4 Å². The summed E-state index contributed by atoms with van der Waals surface area (Å²) in [6.07, 6.45) is 20.1. The average Bonchev–Trinajstić information content (AvgIpc) is 3.21. The lowest BCUT2D eigenvalue weighted by Gasteiger charge is -2.62. The van der Waals surface area contributed by atoms with Crippen molar-refractivity contribution >= 4 is 17.1 Å². The van der Waals surface area contributed by atoms with Crippen molar-refractivity contribution in [2.24, 2.45) is 53.3 Å². The molecule has 0 amide bonds. The molecule has 12 bridgehead atoms. The van der Waals surface area contributed by atoms with Crippen molar-refractivity contribution in [3.63, 3.8) is 0 Å². The van der Waals surface area contributed by atoms with Crippen LogP contribution in [0.4, 0.5) is 30.2 Å². The van der Waals surface area contributed by atoms with Crippen LogP contribution < -0.4 is 31.4 Å². The van der Waals surface area contributed by atoms with Crippen LogP contribution in [0.3, 0.4) is 0 Å². The summed E-state index contributed by atoms with van der Waals surface area (Å²) in [5, 5.41) is 0. The van der Waals surface area contributed by atoms with Gasteiger partial charge in [-0.15, -0.1) is 0 Å². The Bertz CT molecular complexity index is 2450. The van der Waals surface area contributed by atoms with E-state index >= 15 is 13.2 Å². The molecule has 0 spiro atoms. The third kappa shape index (κ3) is 6.16. The summed E-state index contributed by atoms with van der Waals surface area (Å²) in [5.74, 6) is 6.26. The highest BCUT2D eigenvalue weighted by Gasteiger charge is 2.62. The van der Waals surface area contributed by atoms with Crippen LogP contribution in [0.25, 0.3) is 0 Å². The topological polar surface area (TPSA) is 106 Å². The Morgan fingerprint density at radius 3 is 0.889 bits per heavy atom. The third-order valence-electron chi connectivity index (χ3n) is 18.6. The van der Waals surface area contributed by atoms with Gasteiger partial charge in [-0.25, -0.2) is 13.2 Å². The molecule has 9 heteroatoms. The Labute approximate surface area is 368 Å². The zero-order valence-electron chi connectivity index (χ0n) is 36.2. The zero-order valence-corrected chi connectivity index (χ0v) is 36.2. The van der Waals surface area contributed by atoms with E-state index in [1.807, 2.05) is 0 Å². The molecule has 4 aromatic carbocycles. The zero-order chi connectivity index (χ0) is 42.6. The highest BCUT2D eigenvalue weighted by atomic mass is 19.1. The van der Waals surface area contributed by atoms with Gasteiger partial charge in [-0.1, -0.05) is 0 Å². The molecule has 6 N–H and O–H groups in total. The molecule has 0 heterocycles. The van der Waals surface area contributed by atoms with Gasteiger partial charge in [-0.05, 0) is 205 Å². The molecule has 6 nitrogen and oxygen atoms in total. The molecule has 12 saturated carbocycles. The second kappa shape index (κ2) is 13.7. The maximum absolute atomic E-state index is 15.6. The van der Waals surface area contributed by atoms with Crippen molar-refractivity contribution in [2.75, 3.05) is 17.2 Å². The molecular weight excluding hydrogens is 796 g/mol. The van der Waals surface area contributed by atoms with Crippen LogP contribution in [0.5, 0.6) is 34.5 Å². The van der Waals surface area contributed by atoms with Crippen molar-refractivity contribution in [1.29, 1.82) is 0 Å². The second-order valence-electron chi connectivity index (χ2n) is 23.1. The number of halogens is 3. The lowest BCUT2D eigenvalue weighted by atomic mass is 9.43. The van der Waals surface area contributed by atoms with Gasteiger partial charge >= 0.3 is 0 Å². The molecule has 0 unspecified atom stereocenters. The molecule has 16 rings (SSSR count). The van der Waals surface area contributed by atoms with Gasteiger partial charge in [-0.3, -0.25) is 0 Å². The van der Waals surface area contributed by atoms with E-state index in [1.54, 1.807) is 18.2 Å². The van der Waals surface area contributed by atoms with Crippen LogP contribution in [0.15, 0.2) is 54.6 Å². The molecule has 0 aromatic heterocycles. The quantitative estimate of drug-likeness (QED) is 0.145. The molecule has 63 heavy (non-hydrogen) atoms. The Morgan fingerprint density at radius 1 is 0.349 bits per heavy atom. The first-order valence-corrected chi connectivity index (χ1v) is 24.3. The number of anilines is 3. The minimum Gasteiger partial charge on any atom is -0.454 e. The van der Waals surface area contributed by atoms with Crippen molar-refractivity contribution in [3.8, 4) is 34.5 Å². The smallest absolute Gasteiger partial charge is 0.177 e. The fourth-order valence-electron chi connectivity index (χ4n) is 17.8. The molecule has 0 saturated heterocycles. The van der Waals surface area contributed by atoms with Crippen LogP contribution in [0, 0.1) is 70.7 Å². The summed E-state index contributed by atoms with van der Waals surface area (Å²) < 4.78 is 69.2. The van der Waals surface area contributed by atoms with Crippen molar-refractivity contribution in [1.82, 2.24) is 0 Å². The monoisotopic (exact) mass is 855 g/mol.